The van der Waals surface area contributed by atoms with E-state index in [2.05, 4.69) is 31.4 Å². The van der Waals surface area contributed by atoms with Gasteiger partial charge in [0.25, 0.3) is 0 Å². The lowest BCUT2D eigenvalue weighted by atomic mass is 10.1. The monoisotopic (exact) mass is 398 g/mol. The molecule has 1 saturated heterocycles. The predicted molar refractivity (Wildman–Crippen MR) is 98.6 cm³/mol. The van der Waals surface area contributed by atoms with Gasteiger partial charge in [-0.15, -0.1) is 0 Å². The van der Waals surface area contributed by atoms with E-state index in [0.29, 0.717) is 6.42 Å². The summed E-state index contributed by atoms with van der Waals surface area (Å²) in [6.07, 6.45) is 14.7. The van der Waals surface area contributed by atoms with Crippen molar-refractivity contribution < 1.29 is 19.4 Å². The normalized spacial score (nSPS) is 20.8. The molecule has 5 heteroatoms. The maximum atomic E-state index is 10.9. The van der Waals surface area contributed by atoms with E-state index in [-0.39, 0.29) is 18.2 Å². The molecular weight excluding hydrogens is 372 g/mol. The molecule has 0 spiro atoms. The molecule has 134 valence electrons. The van der Waals surface area contributed by atoms with Crippen molar-refractivity contribution in [1.29, 1.82) is 0 Å². The van der Waals surface area contributed by atoms with E-state index in [9.17, 15) is 9.90 Å². The summed E-state index contributed by atoms with van der Waals surface area (Å²) in [5.74, 6) is 2.66. The van der Waals surface area contributed by atoms with E-state index in [1.165, 1.54) is 7.11 Å². The molecule has 0 radical (unpaired) electrons. The molecule has 4 nitrogen and oxygen atoms in total. The molecule has 0 amide bonds. The number of hydrogen-bond acceptors (Lipinski definition) is 4. The van der Waals surface area contributed by atoms with Crippen molar-refractivity contribution in [2.24, 2.45) is 0 Å². The summed E-state index contributed by atoms with van der Waals surface area (Å²) in [6, 6.07) is 0. The predicted octanol–water partition coefficient (Wildman–Crippen LogP) is 3.88. The Bertz CT molecular complexity index is 475. The summed E-state index contributed by atoms with van der Waals surface area (Å²) in [6.45, 7) is 0. The highest BCUT2D eigenvalue weighted by atomic mass is 79.9. The van der Waals surface area contributed by atoms with E-state index in [4.69, 9.17) is 4.74 Å². The molecule has 0 aliphatic carbocycles. The molecule has 0 aromatic heterocycles. The van der Waals surface area contributed by atoms with Gasteiger partial charge in [0, 0.05) is 22.4 Å². The number of methoxy groups -OCH3 is 1. The first-order valence-corrected chi connectivity index (χ1v) is 9.31. The Morgan fingerprint density at radius 3 is 2.83 bits per heavy atom. The van der Waals surface area contributed by atoms with E-state index in [1.807, 2.05) is 18.2 Å². The van der Waals surface area contributed by atoms with Gasteiger partial charge in [-0.2, -0.15) is 0 Å². The molecule has 0 unspecified atom stereocenters. The Hall–Kier alpha value is -1.09. The maximum Gasteiger partial charge on any atom is 0.305 e. The standard InChI is InChI=1S/C19H27BrO4/c1-23-19(22)12-8-4-2-3-6-10-16(21)13-14-18-17(24-18)11-7-5-9-15-20/h5,7,13-14,16-18,21H,2-4,6,8,10-12H2,1H3/b7-5-,14-13+/t16-,17-,18-/m0/s1. The van der Waals surface area contributed by atoms with Crippen LogP contribution in [0.5, 0.6) is 0 Å². The van der Waals surface area contributed by atoms with Crippen LogP contribution in [0.2, 0.25) is 0 Å². The number of allylic oxidation sites excluding steroid dienone is 1. The van der Waals surface area contributed by atoms with E-state index in [0.717, 1.165) is 44.9 Å². The van der Waals surface area contributed by atoms with Crippen molar-refractivity contribution in [2.75, 3.05) is 7.11 Å². The Morgan fingerprint density at radius 2 is 2.08 bits per heavy atom. The van der Waals surface area contributed by atoms with Gasteiger partial charge in [-0.05, 0) is 30.2 Å². The second-order valence-corrected chi connectivity index (χ2v) is 6.25. The third-order valence-corrected chi connectivity index (χ3v) is 4.11. The van der Waals surface area contributed by atoms with Crippen molar-refractivity contribution in [3.63, 3.8) is 0 Å². The van der Waals surface area contributed by atoms with E-state index in [1.54, 1.807) is 6.08 Å². The number of aliphatic hydroxyl groups excluding tert-OH is 1. The van der Waals surface area contributed by atoms with Gasteiger partial charge in [-0.3, -0.25) is 4.79 Å². The zero-order chi connectivity index (χ0) is 17.6. The highest BCUT2D eigenvalue weighted by Crippen LogP contribution is 2.27. The summed E-state index contributed by atoms with van der Waals surface area (Å²) in [4.78, 5) is 13.6. The molecule has 1 N–H and O–H groups in total. The summed E-state index contributed by atoms with van der Waals surface area (Å²) in [7, 11) is 1.42. The molecule has 1 heterocycles. The molecule has 3 atom stereocenters. The lowest BCUT2D eigenvalue weighted by molar-refractivity contribution is -0.140. The van der Waals surface area contributed by atoms with Crippen molar-refractivity contribution in [3.8, 4) is 10.8 Å². The lowest BCUT2D eigenvalue weighted by Crippen LogP contribution is -2.02. The summed E-state index contributed by atoms with van der Waals surface area (Å²) in [5, 5.41) is 9.92. The fourth-order valence-electron chi connectivity index (χ4n) is 2.40. The second kappa shape index (κ2) is 13.2. The van der Waals surface area contributed by atoms with Gasteiger partial charge in [0.05, 0.1) is 19.3 Å². The number of unbranched alkanes of at least 4 members (excludes halogenated alkanes) is 4. The maximum absolute atomic E-state index is 10.9. The zero-order valence-corrected chi connectivity index (χ0v) is 15.8. The lowest BCUT2D eigenvalue weighted by Gasteiger charge is -2.05. The van der Waals surface area contributed by atoms with Crippen LogP contribution in [0, 0.1) is 10.8 Å². The van der Waals surface area contributed by atoms with Gasteiger partial charge in [-0.25, -0.2) is 0 Å². The minimum Gasteiger partial charge on any atom is -0.469 e. The molecule has 24 heavy (non-hydrogen) atoms. The van der Waals surface area contributed by atoms with Gasteiger partial charge in [-0.1, -0.05) is 49.8 Å². The second-order valence-electron chi connectivity index (χ2n) is 5.85. The van der Waals surface area contributed by atoms with Gasteiger partial charge < -0.3 is 14.6 Å². The van der Waals surface area contributed by atoms with Gasteiger partial charge in [0.1, 0.15) is 6.10 Å². The zero-order valence-electron chi connectivity index (χ0n) is 14.2. The van der Waals surface area contributed by atoms with Gasteiger partial charge in [0.2, 0.25) is 0 Å². The highest BCUT2D eigenvalue weighted by Gasteiger charge is 2.34. The Balaban J connectivity index is 1.97. The van der Waals surface area contributed by atoms with Crippen LogP contribution in [0.1, 0.15) is 51.4 Å². The largest absolute Gasteiger partial charge is 0.469 e. The van der Waals surface area contributed by atoms with Gasteiger partial charge >= 0.3 is 5.97 Å². The number of esters is 1. The molecule has 1 aliphatic rings. The third-order valence-electron chi connectivity index (χ3n) is 3.88. The van der Waals surface area contributed by atoms with Gasteiger partial charge in [0.15, 0.2) is 0 Å². The van der Waals surface area contributed by atoms with Crippen LogP contribution in [-0.4, -0.2) is 36.5 Å². The van der Waals surface area contributed by atoms with Crippen molar-refractivity contribution in [2.45, 2.75) is 69.7 Å². The minimum absolute atomic E-state index is 0.125. The van der Waals surface area contributed by atoms with Crippen LogP contribution in [0.3, 0.4) is 0 Å². The smallest absolute Gasteiger partial charge is 0.305 e. The Kier molecular flexibility index (Phi) is 11.5. The summed E-state index contributed by atoms with van der Waals surface area (Å²) in [5.41, 5.74) is 0. The number of epoxide rings is 1. The number of aliphatic hydroxyl groups is 1. The number of halogens is 1. The number of rotatable bonds is 12. The molecule has 0 aromatic rings. The molecule has 0 aromatic carbocycles. The van der Waals surface area contributed by atoms with Crippen molar-refractivity contribution in [1.82, 2.24) is 0 Å². The Labute approximate surface area is 153 Å². The first-order valence-electron chi connectivity index (χ1n) is 8.52. The summed E-state index contributed by atoms with van der Waals surface area (Å²) >= 11 is 3.03. The van der Waals surface area contributed by atoms with Crippen LogP contribution in [0.25, 0.3) is 0 Å². The SMILES string of the molecule is COC(=O)CCCCCCC[C@H](O)/C=C/[C@@H]1O[C@H]1C/C=C\C#CBr. The quantitative estimate of drug-likeness (QED) is 0.178. The first kappa shape index (κ1) is 21.0. The molecule has 0 saturated carbocycles. The Morgan fingerprint density at radius 1 is 1.33 bits per heavy atom. The molecule has 1 fully saturated rings. The van der Waals surface area contributed by atoms with Crippen molar-refractivity contribution in [3.05, 3.63) is 24.3 Å². The number of ether oxygens (including phenoxy) is 2. The molecule has 0 bridgehead atoms. The van der Waals surface area contributed by atoms with Crippen molar-refractivity contribution >= 4 is 21.9 Å². The summed E-state index contributed by atoms with van der Waals surface area (Å²) < 4.78 is 10.1. The highest BCUT2D eigenvalue weighted by molar-refractivity contribution is 9.12. The molecular formula is C19H27BrO4. The number of hydrogen-bond donors (Lipinski definition) is 1. The van der Waals surface area contributed by atoms with Crippen LogP contribution in [-0.2, 0) is 14.3 Å². The molecule has 1 rings (SSSR count). The third kappa shape index (κ3) is 10.6. The topological polar surface area (TPSA) is 59.1 Å². The fraction of sp³-hybridized carbons (Fsp3) is 0.632. The van der Waals surface area contributed by atoms with Crippen LogP contribution in [0.4, 0.5) is 0 Å². The average Bonchev–Trinajstić information content (AvgIpc) is 3.34. The fourth-order valence-corrected chi connectivity index (χ4v) is 2.53. The minimum atomic E-state index is -0.403. The molecule has 1 aliphatic heterocycles. The first-order chi connectivity index (χ1) is 11.7. The average molecular weight is 399 g/mol. The number of carbonyl (C=O) groups is 1. The van der Waals surface area contributed by atoms with Crippen LogP contribution < -0.4 is 0 Å². The van der Waals surface area contributed by atoms with Crippen LogP contribution >= 0.6 is 15.9 Å². The van der Waals surface area contributed by atoms with E-state index < -0.39 is 6.10 Å². The van der Waals surface area contributed by atoms with Crippen LogP contribution in [0.15, 0.2) is 24.3 Å². The van der Waals surface area contributed by atoms with E-state index >= 15 is 0 Å². The number of carbonyl (C=O) groups excluding carboxylic acids is 1.